The molecule has 2 fully saturated rings. The quantitative estimate of drug-likeness (QED) is 0.148. The number of urea groups is 1. The fraction of sp³-hybridized carbons (Fsp3) is 0.615. The Labute approximate surface area is 314 Å². The number of nitrogens with zero attached hydrogens (tertiary/aromatic N) is 2. The van der Waals surface area contributed by atoms with Gasteiger partial charge in [-0.2, -0.15) is 0 Å². The van der Waals surface area contributed by atoms with Crippen molar-refractivity contribution in [2.24, 2.45) is 23.2 Å². The molecule has 53 heavy (non-hydrogen) atoms. The maximum Gasteiger partial charge on any atom is 0.315 e. The molecule has 5 amide bonds. The molecule has 0 spiro atoms. The van der Waals surface area contributed by atoms with E-state index in [1.54, 1.807) is 27.7 Å². The lowest BCUT2D eigenvalue weighted by atomic mass is 9.93. The number of hydrogen-bond donors (Lipinski definition) is 4. The molecule has 1 saturated carbocycles. The second kappa shape index (κ2) is 16.1. The maximum absolute atomic E-state index is 14.8. The van der Waals surface area contributed by atoms with Crippen LogP contribution in [-0.4, -0.2) is 103 Å². The van der Waals surface area contributed by atoms with Gasteiger partial charge in [0, 0.05) is 26.7 Å². The van der Waals surface area contributed by atoms with E-state index >= 15 is 0 Å². The highest BCUT2D eigenvalue weighted by Gasteiger charge is 2.69. The van der Waals surface area contributed by atoms with Crippen molar-refractivity contribution in [1.29, 1.82) is 0 Å². The van der Waals surface area contributed by atoms with Crippen LogP contribution in [0.25, 0.3) is 0 Å². The minimum atomic E-state index is -3.71. The number of carbonyl (C=O) groups excluding carboxylic acids is 5. The molecule has 2 aliphatic carbocycles. The standard InChI is InChI=1S/C39H58N6O7S/c1-11-15-28(33(46)35(48)40-18-12-2)41-34(47)32-30-27(39(30,8)9)21-45(32)36(49)31(26-19-24-16-13-14-17-25(24)20-26)43-37(50)42-29(23(3)4)22-44(10)53(51,52)38(5,6)7/h12-14,16-17,26-32H,2-3,11,15,18-22H2,1,4-10H3,(H,40,48)(H,41,47)(H2,42,43,50)/t27-,28?,29+,30-,31-,32-/m0/s1. The van der Waals surface area contributed by atoms with Gasteiger partial charge in [0.25, 0.3) is 5.91 Å². The van der Waals surface area contributed by atoms with Gasteiger partial charge in [-0.15, -0.1) is 6.58 Å². The van der Waals surface area contributed by atoms with Gasteiger partial charge in [0.15, 0.2) is 0 Å². The van der Waals surface area contributed by atoms with Gasteiger partial charge in [-0.1, -0.05) is 69.7 Å². The normalized spacial score (nSPS) is 22.1. The number of fused-ring (bicyclic) bond motifs is 2. The molecule has 4 N–H and O–H groups in total. The molecule has 1 aromatic rings. The van der Waals surface area contributed by atoms with Crippen LogP contribution in [0.2, 0.25) is 0 Å². The van der Waals surface area contributed by atoms with Crippen LogP contribution in [0.1, 0.15) is 72.4 Å². The van der Waals surface area contributed by atoms with Gasteiger partial charge < -0.3 is 26.2 Å². The number of nitrogens with one attached hydrogen (secondary N) is 4. The summed E-state index contributed by atoms with van der Waals surface area (Å²) < 4.78 is 26.4. The van der Waals surface area contributed by atoms with Crippen LogP contribution in [0, 0.1) is 23.2 Å². The Morgan fingerprint density at radius 1 is 1.04 bits per heavy atom. The van der Waals surface area contributed by atoms with Crippen molar-refractivity contribution >= 4 is 39.6 Å². The van der Waals surface area contributed by atoms with Gasteiger partial charge in [0.1, 0.15) is 12.1 Å². The third kappa shape index (κ3) is 8.86. The first-order chi connectivity index (χ1) is 24.7. The summed E-state index contributed by atoms with van der Waals surface area (Å²) >= 11 is 0. The minimum absolute atomic E-state index is 0.0294. The van der Waals surface area contributed by atoms with Crippen LogP contribution in [0.4, 0.5) is 4.79 Å². The number of Topliss-reactive ketones (excluding diaryl/α,β-unsaturated/α-hetero) is 1. The summed E-state index contributed by atoms with van der Waals surface area (Å²) in [5.41, 5.74) is 2.44. The third-order valence-electron chi connectivity index (χ3n) is 11.2. The summed E-state index contributed by atoms with van der Waals surface area (Å²) in [5, 5.41) is 11.1. The van der Waals surface area contributed by atoms with Crippen molar-refractivity contribution < 1.29 is 32.4 Å². The number of rotatable bonds is 16. The number of amides is 5. The molecular weight excluding hydrogens is 697 g/mol. The lowest BCUT2D eigenvalue weighted by Crippen LogP contribution is -2.61. The topological polar surface area (TPSA) is 174 Å². The summed E-state index contributed by atoms with van der Waals surface area (Å²) in [7, 11) is -2.26. The Morgan fingerprint density at radius 3 is 2.17 bits per heavy atom. The summed E-state index contributed by atoms with van der Waals surface area (Å²) in [5.74, 6) is -2.99. The molecule has 292 valence electrons. The van der Waals surface area contributed by atoms with Crippen LogP contribution in [0.15, 0.2) is 49.1 Å². The fourth-order valence-corrected chi connectivity index (χ4v) is 9.20. The lowest BCUT2D eigenvalue weighted by molar-refractivity contribution is -0.144. The first kappa shape index (κ1) is 41.7. The predicted molar refractivity (Wildman–Crippen MR) is 204 cm³/mol. The van der Waals surface area contributed by atoms with Gasteiger partial charge >= 0.3 is 6.03 Å². The summed E-state index contributed by atoms with van der Waals surface area (Å²) in [6, 6.07) is 3.42. The first-order valence-corrected chi connectivity index (χ1v) is 19.9. The predicted octanol–water partition coefficient (Wildman–Crippen LogP) is 2.71. The largest absolute Gasteiger partial charge is 0.346 e. The number of carbonyl (C=O) groups is 5. The van der Waals surface area contributed by atoms with Crippen LogP contribution in [0.3, 0.4) is 0 Å². The summed E-state index contributed by atoms with van der Waals surface area (Å²) in [4.78, 5) is 70.0. The van der Waals surface area contributed by atoms with E-state index in [1.165, 1.54) is 22.3 Å². The van der Waals surface area contributed by atoms with Crippen LogP contribution < -0.4 is 21.3 Å². The molecule has 1 saturated heterocycles. The molecule has 6 atom stereocenters. The Morgan fingerprint density at radius 2 is 1.64 bits per heavy atom. The number of likely N-dealkylation sites (N-methyl/N-ethyl adjacent to an activating group) is 1. The molecule has 1 unspecified atom stereocenters. The van der Waals surface area contributed by atoms with Gasteiger partial charge in [-0.3, -0.25) is 19.2 Å². The van der Waals surface area contributed by atoms with E-state index in [0.717, 1.165) is 11.1 Å². The highest BCUT2D eigenvalue weighted by atomic mass is 32.2. The molecule has 13 nitrogen and oxygen atoms in total. The van der Waals surface area contributed by atoms with E-state index in [4.69, 9.17) is 0 Å². The Hall–Kier alpha value is -4.04. The van der Waals surface area contributed by atoms with Crippen molar-refractivity contribution in [3.8, 4) is 0 Å². The van der Waals surface area contributed by atoms with E-state index < -0.39 is 68.5 Å². The lowest BCUT2D eigenvalue weighted by Gasteiger charge is -2.36. The van der Waals surface area contributed by atoms with Gasteiger partial charge in [0.2, 0.25) is 27.6 Å². The third-order valence-corrected chi connectivity index (χ3v) is 13.7. The van der Waals surface area contributed by atoms with E-state index in [2.05, 4.69) is 34.4 Å². The second-order valence-electron chi connectivity index (χ2n) is 16.4. The van der Waals surface area contributed by atoms with Crippen molar-refractivity contribution in [2.45, 2.75) is 103 Å². The highest BCUT2D eigenvalue weighted by molar-refractivity contribution is 7.90. The zero-order valence-electron chi connectivity index (χ0n) is 32.5. The van der Waals surface area contributed by atoms with Crippen molar-refractivity contribution in [1.82, 2.24) is 30.5 Å². The van der Waals surface area contributed by atoms with Gasteiger partial charge in [-0.05, 0) is 81.3 Å². The van der Waals surface area contributed by atoms with Crippen molar-refractivity contribution in [3.05, 3.63) is 60.2 Å². The zero-order valence-corrected chi connectivity index (χ0v) is 33.3. The van der Waals surface area contributed by atoms with Gasteiger partial charge in [0.05, 0.1) is 16.8 Å². The van der Waals surface area contributed by atoms with E-state index in [9.17, 15) is 32.4 Å². The number of sulfonamides is 1. The van der Waals surface area contributed by atoms with E-state index in [0.29, 0.717) is 31.4 Å². The summed E-state index contributed by atoms with van der Waals surface area (Å²) in [6.07, 6.45) is 3.28. The van der Waals surface area contributed by atoms with Crippen LogP contribution >= 0.6 is 0 Å². The highest BCUT2D eigenvalue weighted by Crippen LogP contribution is 2.65. The Bertz CT molecular complexity index is 1710. The molecule has 1 heterocycles. The monoisotopic (exact) mass is 754 g/mol. The average molecular weight is 755 g/mol. The Balaban J connectivity index is 1.60. The fourth-order valence-electron chi connectivity index (χ4n) is 7.92. The molecular formula is C39H58N6O7S. The smallest absolute Gasteiger partial charge is 0.315 e. The molecule has 3 aliphatic rings. The Kier molecular flexibility index (Phi) is 12.7. The molecule has 1 aliphatic heterocycles. The SMILES string of the molecule is C=CCNC(=O)C(=O)C(CCC)NC(=O)[C@@H]1[C@@H]2[C@H](CN1C(=O)[C@@H](NC(=O)N[C@H](CN(C)S(=O)(=O)C(C)(C)C)C(=C)C)C1Cc3ccccc3C1)C2(C)C. The van der Waals surface area contributed by atoms with Gasteiger partial charge in [-0.25, -0.2) is 17.5 Å². The van der Waals surface area contributed by atoms with Crippen LogP contribution in [0.5, 0.6) is 0 Å². The molecule has 0 aromatic heterocycles. The maximum atomic E-state index is 14.8. The number of likely N-dealkylation sites (tertiary alicyclic amines) is 1. The van der Waals surface area contributed by atoms with Crippen molar-refractivity contribution in [3.63, 3.8) is 0 Å². The van der Waals surface area contributed by atoms with Crippen LogP contribution in [-0.2, 0) is 42.0 Å². The molecule has 1 aromatic carbocycles. The summed E-state index contributed by atoms with van der Waals surface area (Å²) in [6.45, 7) is 20.3. The number of ketones is 1. The molecule has 4 rings (SSSR count). The zero-order chi connectivity index (χ0) is 39.6. The number of hydrogen-bond acceptors (Lipinski definition) is 7. The molecule has 14 heteroatoms. The minimum Gasteiger partial charge on any atom is -0.346 e. The first-order valence-electron chi connectivity index (χ1n) is 18.5. The van der Waals surface area contributed by atoms with E-state index in [1.807, 2.05) is 45.0 Å². The molecule has 0 radical (unpaired) electrons. The van der Waals surface area contributed by atoms with E-state index in [-0.39, 0.29) is 42.7 Å². The number of benzene rings is 1. The molecule has 0 bridgehead atoms. The van der Waals surface area contributed by atoms with Crippen molar-refractivity contribution in [2.75, 3.05) is 26.7 Å². The number of piperidine rings is 1. The average Bonchev–Trinajstić information content (AvgIpc) is 3.43. The second-order valence-corrected chi connectivity index (χ2v) is 19.2.